The second-order valence-corrected chi connectivity index (χ2v) is 9.03. The van der Waals surface area contributed by atoms with E-state index in [-0.39, 0.29) is 35.9 Å². The van der Waals surface area contributed by atoms with E-state index in [9.17, 15) is 4.79 Å². The van der Waals surface area contributed by atoms with E-state index in [1.165, 1.54) is 12.8 Å². The lowest BCUT2D eigenvalue weighted by Crippen LogP contribution is -2.45. The molecule has 1 aromatic carbocycles. The smallest absolute Gasteiger partial charge is 0.225 e. The number of thiazole rings is 1. The molecule has 168 valence electrons. The molecule has 1 aromatic heterocycles. The molecule has 0 radical (unpaired) electrons. The number of carbonyl (C=O) groups is 1. The van der Waals surface area contributed by atoms with Gasteiger partial charge in [-0.3, -0.25) is 4.79 Å². The van der Waals surface area contributed by atoms with E-state index in [1.807, 2.05) is 23.1 Å². The lowest BCUT2D eigenvalue weighted by atomic mass is 10.1. The van der Waals surface area contributed by atoms with Crippen LogP contribution in [0.4, 0.5) is 0 Å². The Bertz CT molecular complexity index is 866. The van der Waals surface area contributed by atoms with Gasteiger partial charge in [0.05, 0.1) is 12.2 Å². The molecule has 0 spiro atoms. The minimum absolute atomic E-state index is 0. The Balaban J connectivity index is 0.00000272. The minimum atomic E-state index is 0. The van der Waals surface area contributed by atoms with Crippen LogP contribution in [0.25, 0.3) is 11.3 Å². The fourth-order valence-corrected chi connectivity index (χ4v) is 5.02. The summed E-state index contributed by atoms with van der Waals surface area (Å²) in [7, 11) is 0. The molecule has 1 saturated carbocycles. The molecule has 1 unspecified atom stereocenters. The summed E-state index contributed by atoms with van der Waals surface area (Å²) in [5.74, 6) is 1.42. The quantitative estimate of drug-likeness (QED) is 0.319. The Morgan fingerprint density at radius 3 is 2.74 bits per heavy atom. The van der Waals surface area contributed by atoms with Crippen molar-refractivity contribution in [2.24, 2.45) is 10.9 Å². The van der Waals surface area contributed by atoms with Crippen molar-refractivity contribution < 1.29 is 4.79 Å². The molecule has 2 fully saturated rings. The molecular formula is C23H32IN5OS. The topological polar surface area (TPSA) is 69.6 Å². The first-order chi connectivity index (χ1) is 14.7. The van der Waals surface area contributed by atoms with Gasteiger partial charge in [0.25, 0.3) is 0 Å². The maximum Gasteiger partial charge on any atom is 0.225 e. The van der Waals surface area contributed by atoms with Crippen LogP contribution in [0.15, 0.2) is 40.7 Å². The molecule has 8 heteroatoms. The third-order valence-electron chi connectivity index (χ3n) is 5.88. The van der Waals surface area contributed by atoms with Gasteiger partial charge in [-0.1, -0.05) is 43.2 Å². The summed E-state index contributed by atoms with van der Waals surface area (Å²) in [5, 5.41) is 9.94. The van der Waals surface area contributed by atoms with Crippen LogP contribution in [-0.4, -0.2) is 47.4 Å². The number of hydrogen-bond acceptors (Lipinski definition) is 4. The number of nitrogens with zero attached hydrogens (tertiary/aromatic N) is 3. The van der Waals surface area contributed by atoms with Gasteiger partial charge in [0.2, 0.25) is 5.91 Å². The number of hydrogen-bond donors (Lipinski definition) is 2. The van der Waals surface area contributed by atoms with Crippen molar-refractivity contribution in [1.82, 2.24) is 20.5 Å². The predicted octanol–water partition coefficient (Wildman–Crippen LogP) is 4.27. The number of nitrogens with one attached hydrogen (secondary N) is 2. The van der Waals surface area contributed by atoms with Gasteiger partial charge >= 0.3 is 0 Å². The monoisotopic (exact) mass is 553 g/mol. The Morgan fingerprint density at radius 2 is 2.00 bits per heavy atom. The Kier molecular flexibility index (Phi) is 9.13. The van der Waals surface area contributed by atoms with Crippen LogP contribution in [0.1, 0.15) is 44.0 Å². The van der Waals surface area contributed by atoms with E-state index in [4.69, 9.17) is 9.98 Å². The summed E-state index contributed by atoms with van der Waals surface area (Å²) in [6.45, 7) is 5.04. The fourth-order valence-electron chi connectivity index (χ4n) is 4.29. The maximum atomic E-state index is 12.7. The number of carbonyl (C=O) groups excluding carboxylic acids is 1. The third-order valence-corrected chi connectivity index (χ3v) is 6.72. The van der Waals surface area contributed by atoms with Gasteiger partial charge in [-0.2, -0.15) is 0 Å². The maximum absolute atomic E-state index is 12.7. The van der Waals surface area contributed by atoms with Crippen molar-refractivity contribution in [3.63, 3.8) is 0 Å². The number of halogens is 1. The number of benzene rings is 1. The third kappa shape index (κ3) is 6.41. The highest BCUT2D eigenvalue weighted by atomic mass is 127. The van der Waals surface area contributed by atoms with Crippen LogP contribution >= 0.6 is 35.3 Å². The number of likely N-dealkylation sites (tertiary alicyclic amines) is 1. The molecule has 0 bridgehead atoms. The van der Waals surface area contributed by atoms with Crippen molar-refractivity contribution in [1.29, 1.82) is 0 Å². The molecule has 31 heavy (non-hydrogen) atoms. The zero-order chi connectivity index (χ0) is 20.8. The normalized spacial score (nSPS) is 19.3. The molecule has 2 aliphatic rings. The van der Waals surface area contributed by atoms with E-state index < -0.39 is 0 Å². The molecule has 2 aromatic rings. The number of aromatic nitrogens is 1. The van der Waals surface area contributed by atoms with Gasteiger partial charge in [-0.05, 0) is 26.2 Å². The molecule has 2 N–H and O–H groups in total. The van der Waals surface area contributed by atoms with E-state index in [0.717, 1.165) is 61.1 Å². The second-order valence-electron chi connectivity index (χ2n) is 8.08. The van der Waals surface area contributed by atoms with Gasteiger partial charge in [0, 0.05) is 42.5 Å². The van der Waals surface area contributed by atoms with Crippen molar-refractivity contribution in [2.75, 3.05) is 19.6 Å². The van der Waals surface area contributed by atoms with Crippen LogP contribution in [-0.2, 0) is 11.3 Å². The van der Waals surface area contributed by atoms with Crippen molar-refractivity contribution in [3.8, 4) is 11.3 Å². The van der Waals surface area contributed by atoms with E-state index >= 15 is 0 Å². The minimum Gasteiger partial charge on any atom is -0.357 e. The van der Waals surface area contributed by atoms with Gasteiger partial charge in [0.1, 0.15) is 5.01 Å². The van der Waals surface area contributed by atoms with E-state index in [2.05, 4.69) is 35.1 Å². The number of amides is 1. The summed E-state index contributed by atoms with van der Waals surface area (Å²) >= 11 is 1.64. The van der Waals surface area contributed by atoms with Gasteiger partial charge in [0.15, 0.2) is 5.96 Å². The zero-order valence-electron chi connectivity index (χ0n) is 18.0. The van der Waals surface area contributed by atoms with Gasteiger partial charge in [-0.15, -0.1) is 35.3 Å². The fraction of sp³-hybridized carbons (Fsp3) is 0.522. The summed E-state index contributed by atoms with van der Waals surface area (Å²) in [5.41, 5.74) is 2.13. The molecule has 2 heterocycles. The lowest BCUT2D eigenvalue weighted by molar-refractivity contribution is -0.134. The highest BCUT2D eigenvalue weighted by Gasteiger charge is 2.32. The van der Waals surface area contributed by atoms with Crippen molar-refractivity contribution >= 4 is 47.2 Å². The van der Waals surface area contributed by atoms with Crippen LogP contribution in [0.3, 0.4) is 0 Å². The molecular weight excluding hydrogens is 521 g/mol. The van der Waals surface area contributed by atoms with Crippen molar-refractivity contribution in [3.05, 3.63) is 40.7 Å². The molecule has 1 amide bonds. The largest absolute Gasteiger partial charge is 0.357 e. The number of guanidine groups is 1. The Morgan fingerprint density at radius 1 is 1.23 bits per heavy atom. The Labute approximate surface area is 206 Å². The van der Waals surface area contributed by atoms with Gasteiger partial charge in [-0.25, -0.2) is 9.98 Å². The summed E-state index contributed by atoms with van der Waals surface area (Å²) in [6, 6.07) is 10.5. The predicted molar refractivity (Wildman–Crippen MR) is 138 cm³/mol. The van der Waals surface area contributed by atoms with Crippen molar-refractivity contribution in [2.45, 2.75) is 51.6 Å². The molecule has 6 nitrogen and oxygen atoms in total. The molecule has 1 atom stereocenters. The van der Waals surface area contributed by atoms with Crippen LogP contribution in [0, 0.1) is 5.92 Å². The zero-order valence-corrected chi connectivity index (χ0v) is 21.2. The second kappa shape index (κ2) is 11.8. The van der Waals surface area contributed by atoms with Gasteiger partial charge < -0.3 is 15.5 Å². The molecule has 1 aliphatic carbocycles. The van der Waals surface area contributed by atoms with E-state index in [0.29, 0.717) is 12.5 Å². The van der Waals surface area contributed by atoms with E-state index in [1.54, 1.807) is 11.3 Å². The number of rotatable bonds is 6. The summed E-state index contributed by atoms with van der Waals surface area (Å²) < 4.78 is 0. The standard InChI is InChI=1S/C23H31N5OS.HI/c1-2-24-23(25-14-21-27-20(16-30-21)17-8-4-3-5-9-17)26-19-12-13-28(15-19)22(29)18-10-6-7-11-18;/h3-5,8-9,16,18-19H,2,6-7,10-15H2,1H3,(H2,24,25,26);1H. The highest BCUT2D eigenvalue weighted by molar-refractivity contribution is 14.0. The Hall–Kier alpha value is -1.68. The van der Waals surface area contributed by atoms with Crippen LogP contribution in [0.5, 0.6) is 0 Å². The summed E-state index contributed by atoms with van der Waals surface area (Å²) in [4.78, 5) is 24.2. The van der Waals surface area contributed by atoms with Crippen LogP contribution < -0.4 is 10.6 Å². The average molecular weight is 554 g/mol. The highest BCUT2D eigenvalue weighted by Crippen LogP contribution is 2.28. The molecule has 4 rings (SSSR count). The SMILES string of the molecule is CCNC(=NCc1nc(-c2ccccc2)cs1)NC1CCN(C(=O)C2CCCC2)C1.I. The molecule has 1 saturated heterocycles. The first kappa shape index (κ1) is 24.0. The van der Waals surface area contributed by atoms with Crippen LogP contribution in [0.2, 0.25) is 0 Å². The lowest BCUT2D eigenvalue weighted by Gasteiger charge is -2.21. The first-order valence-corrected chi connectivity index (χ1v) is 11.9. The molecule has 1 aliphatic heterocycles. The number of aliphatic imine (C=N–C) groups is 1. The first-order valence-electron chi connectivity index (χ1n) is 11.1. The average Bonchev–Trinajstić information content (AvgIpc) is 3.54. The summed E-state index contributed by atoms with van der Waals surface area (Å²) in [6.07, 6.45) is 5.50.